The molecule has 1 N–H and O–H groups in total. The lowest BCUT2D eigenvalue weighted by molar-refractivity contribution is -0.182. The van der Waals surface area contributed by atoms with E-state index in [1.165, 1.54) is 23.1 Å². The number of nitrogens with zero attached hydrogens (tertiary/aromatic N) is 5. The minimum absolute atomic E-state index is 0.153. The molecule has 37 heavy (non-hydrogen) atoms. The fraction of sp³-hybridized carbons (Fsp3) is 0.400. The van der Waals surface area contributed by atoms with Crippen LogP contribution in [0.25, 0.3) is 5.82 Å². The summed E-state index contributed by atoms with van der Waals surface area (Å²) in [7, 11) is 0. The van der Waals surface area contributed by atoms with Gasteiger partial charge in [-0.15, -0.1) is 0 Å². The number of carbonyl (C=O) groups is 1. The predicted molar refractivity (Wildman–Crippen MR) is 124 cm³/mol. The van der Waals surface area contributed by atoms with Crippen molar-refractivity contribution < 1.29 is 27.4 Å². The van der Waals surface area contributed by atoms with Crippen LogP contribution in [-0.4, -0.2) is 44.7 Å². The molecule has 1 aliphatic carbocycles. The van der Waals surface area contributed by atoms with Crippen LogP contribution < -0.4 is 5.32 Å². The van der Waals surface area contributed by atoms with Gasteiger partial charge in [-0.2, -0.15) is 23.5 Å². The van der Waals surface area contributed by atoms with Gasteiger partial charge in [0.15, 0.2) is 11.6 Å². The van der Waals surface area contributed by atoms with E-state index in [1.807, 2.05) is 0 Å². The Bertz CT molecular complexity index is 1330. The molecule has 3 aromatic heterocycles. The van der Waals surface area contributed by atoms with E-state index in [0.29, 0.717) is 56.0 Å². The van der Waals surface area contributed by atoms with Gasteiger partial charge in [-0.25, -0.2) is 9.67 Å². The first-order valence-corrected chi connectivity index (χ1v) is 11.7. The Morgan fingerprint density at radius 2 is 1.78 bits per heavy atom. The Hall–Kier alpha value is -3.82. The molecule has 0 aromatic carbocycles. The van der Waals surface area contributed by atoms with E-state index in [4.69, 9.17) is 9.47 Å². The molecule has 4 heterocycles. The van der Waals surface area contributed by atoms with E-state index in [-0.39, 0.29) is 11.4 Å². The maximum Gasteiger partial charge on any atom is 0.417 e. The Balaban J connectivity index is 1.27. The molecule has 0 atom stereocenters. The molecule has 1 aliphatic heterocycles. The second-order valence-electron chi connectivity index (χ2n) is 9.15. The lowest BCUT2D eigenvalue weighted by atomic mass is 9.70. The van der Waals surface area contributed by atoms with Gasteiger partial charge < -0.3 is 14.8 Å². The van der Waals surface area contributed by atoms with Crippen LogP contribution in [0.3, 0.4) is 0 Å². The number of aromatic nitrogens is 4. The predicted octanol–water partition coefficient (Wildman–Crippen LogP) is 4.32. The average molecular weight is 512 g/mol. The lowest BCUT2D eigenvalue weighted by Gasteiger charge is -2.39. The number of ether oxygens (including phenoxy) is 2. The smallest absolute Gasteiger partial charge is 0.348 e. The molecule has 192 valence electrons. The van der Waals surface area contributed by atoms with Gasteiger partial charge >= 0.3 is 6.18 Å². The summed E-state index contributed by atoms with van der Waals surface area (Å²) in [6.45, 7) is 2.74. The molecule has 3 aromatic rings. The number of anilines is 1. The quantitative estimate of drug-likeness (QED) is 0.554. The zero-order chi connectivity index (χ0) is 26.3. The highest BCUT2D eigenvalue weighted by molar-refractivity contribution is 6.04. The second-order valence-corrected chi connectivity index (χ2v) is 9.15. The minimum atomic E-state index is -4.50. The van der Waals surface area contributed by atoms with Crippen molar-refractivity contribution in [2.75, 3.05) is 18.5 Å². The molecular formula is C25H23F3N6O3. The SMILES string of the molecule is Cc1c(C(=O)Nc2ccc(C3(C#N)CCC4(CC3)OCCO4)nc2)cnn1-c1ccc(C(F)(F)F)cn1. The average Bonchev–Trinajstić information content (AvgIpc) is 3.51. The van der Waals surface area contributed by atoms with Gasteiger partial charge in [-0.05, 0) is 44.0 Å². The van der Waals surface area contributed by atoms with Gasteiger partial charge in [-0.1, -0.05) is 0 Å². The first-order valence-electron chi connectivity index (χ1n) is 11.7. The lowest BCUT2D eigenvalue weighted by Crippen LogP contribution is -2.41. The molecule has 1 amide bonds. The topological polar surface area (TPSA) is 115 Å². The molecule has 5 rings (SSSR count). The number of nitrogens with one attached hydrogen (secondary N) is 1. The highest BCUT2D eigenvalue weighted by Crippen LogP contribution is 2.45. The molecule has 2 aliphatic rings. The van der Waals surface area contributed by atoms with Gasteiger partial charge in [0.25, 0.3) is 5.91 Å². The van der Waals surface area contributed by atoms with Gasteiger partial charge in [0.05, 0.1) is 65.3 Å². The number of pyridine rings is 2. The summed E-state index contributed by atoms with van der Waals surface area (Å²) in [5, 5.41) is 16.8. The molecule has 1 spiro atoms. The molecule has 0 unspecified atom stereocenters. The number of hydrogen-bond donors (Lipinski definition) is 1. The van der Waals surface area contributed by atoms with Crippen LogP contribution in [0.15, 0.2) is 42.9 Å². The Kier molecular flexibility index (Phi) is 6.21. The largest absolute Gasteiger partial charge is 0.417 e. The maximum absolute atomic E-state index is 12.9. The number of rotatable bonds is 4. The fourth-order valence-electron chi connectivity index (χ4n) is 4.76. The van der Waals surface area contributed by atoms with Crippen LogP contribution in [0.5, 0.6) is 0 Å². The van der Waals surface area contributed by atoms with E-state index in [9.17, 15) is 23.2 Å². The van der Waals surface area contributed by atoms with Crippen molar-refractivity contribution in [2.24, 2.45) is 0 Å². The van der Waals surface area contributed by atoms with Crippen LogP contribution in [0.1, 0.15) is 53.0 Å². The van der Waals surface area contributed by atoms with Crippen LogP contribution in [0.4, 0.5) is 18.9 Å². The summed E-state index contributed by atoms with van der Waals surface area (Å²) >= 11 is 0. The van der Waals surface area contributed by atoms with E-state index < -0.39 is 28.8 Å². The third-order valence-electron chi connectivity index (χ3n) is 6.95. The van der Waals surface area contributed by atoms with Gasteiger partial charge in [0.2, 0.25) is 0 Å². The third kappa shape index (κ3) is 4.68. The van der Waals surface area contributed by atoms with Crippen molar-refractivity contribution in [3.8, 4) is 11.9 Å². The zero-order valence-electron chi connectivity index (χ0n) is 19.9. The van der Waals surface area contributed by atoms with Crippen molar-refractivity contribution in [1.29, 1.82) is 5.26 Å². The third-order valence-corrected chi connectivity index (χ3v) is 6.95. The number of amides is 1. The normalized spacial score (nSPS) is 18.5. The molecule has 0 radical (unpaired) electrons. The molecular weight excluding hydrogens is 489 g/mol. The van der Waals surface area contributed by atoms with Crippen molar-refractivity contribution in [1.82, 2.24) is 19.7 Å². The summed E-state index contributed by atoms with van der Waals surface area (Å²) in [5.74, 6) is -0.901. The first kappa shape index (κ1) is 24.9. The summed E-state index contributed by atoms with van der Waals surface area (Å²) in [6.07, 6.45) is 1.37. The number of halogens is 3. The number of nitriles is 1. The van der Waals surface area contributed by atoms with E-state index in [2.05, 4.69) is 26.5 Å². The van der Waals surface area contributed by atoms with Gasteiger partial charge in [0, 0.05) is 19.0 Å². The highest BCUT2D eigenvalue weighted by Gasteiger charge is 2.48. The fourth-order valence-corrected chi connectivity index (χ4v) is 4.76. The van der Waals surface area contributed by atoms with Crippen LogP contribution >= 0.6 is 0 Å². The number of carbonyl (C=O) groups excluding carboxylic acids is 1. The Morgan fingerprint density at radius 3 is 2.35 bits per heavy atom. The summed E-state index contributed by atoms with van der Waals surface area (Å²) in [4.78, 5) is 21.2. The molecule has 9 nitrogen and oxygen atoms in total. The van der Waals surface area contributed by atoms with Crippen molar-refractivity contribution in [2.45, 2.75) is 50.0 Å². The first-order chi connectivity index (χ1) is 17.6. The van der Waals surface area contributed by atoms with E-state index in [1.54, 1.807) is 19.1 Å². The monoisotopic (exact) mass is 512 g/mol. The van der Waals surface area contributed by atoms with Crippen LogP contribution in [0.2, 0.25) is 0 Å². The Morgan fingerprint density at radius 1 is 1.05 bits per heavy atom. The molecule has 1 saturated carbocycles. The van der Waals surface area contributed by atoms with Crippen molar-refractivity contribution in [3.63, 3.8) is 0 Å². The van der Waals surface area contributed by atoms with Crippen molar-refractivity contribution >= 4 is 11.6 Å². The second kappa shape index (κ2) is 9.24. The number of hydrogen-bond acceptors (Lipinski definition) is 7. The van der Waals surface area contributed by atoms with Gasteiger partial charge in [-0.3, -0.25) is 9.78 Å². The van der Waals surface area contributed by atoms with Crippen molar-refractivity contribution in [3.05, 3.63) is 65.4 Å². The summed E-state index contributed by atoms with van der Waals surface area (Å²) in [5.41, 5.74) is 0.0598. The molecule has 1 saturated heterocycles. The minimum Gasteiger partial charge on any atom is -0.348 e. The summed E-state index contributed by atoms with van der Waals surface area (Å²) < 4.78 is 51.2. The van der Waals surface area contributed by atoms with E-state index >= 15 is 0 Å². The highest BCUT2D eigenvalue weighted by atomic mass is 19.4. The Labute approximate surface area is 210 Å². The summed E-state index contributed by atoms with van der Waals surface area (Å²) in [6, 6.07) is 7.94. The number of alkyl halides is 3. The van der Waals surface area contributed by atoms with E-state index in [0.717, 1.165) is 12.3 Å². The zero-order valence-corrected chi connectivity index (χ0v) is 19.9. The molecule has 2 fully saturated rings. The maximum atomic E-state index is 12.9. The van der Waals surface area contributed by atoms with Crippen LogP contribution in [0, 0.1) is 18.3 Å². The molecule has 0 bridgehead atoms. The standard InChI is InChI=1S/C25H23F3N6O3/c1-16-19(14-32-34(16)21-5-2-17(12-31-21)25(26,27)28)22(35)33-18-3-4-20(30-13-18)23(15-29)6-8-24(9-7-23)36-10-11-37-24/h2-5,12-14H,6-11H2,1H3,(H,33,35). The van der Waals surface area contributed by atoms with Crippen LogP contribution in [-0.2, 0) is 21.1 Å². The molecule has 12 heteroatoms. The van der Waals surface area contributed by atoms with Gasteiger partial charge in [0.1, 0.15) is 0 Å².